The fraction of sp³-hybridized carbons (Fsp3) is 0.233. The molecule has 1 aliphatic rings. The van der Waals surface area contributed by atoms with Gasteiger partial charge >= 0.3 is 12.1 Å². The van der Waals surface area contributed by atoms with Gasteiger partial charge in [-0.15, -0.1) is 0 Å². The molecule has 0 bridgehead atoms. The summed E-state index contributed by atoms with van der Waals surface area (Å²) >= 11 is 0. The summed E-state index contributed by atoms with van der Waals surface area (Å²) in [5, 5.41) is 5.17. The van der Waals surface area contributed by atoms with Crippen molar-refractivity contribution >= 4 is 35.5 Å². The van der Waals surface area contributed by atoms with E-state index in [1.54, 1.807) is 18.2 Å². The molecule has 4 rings (SSSR count). The average Bonchev–Trinajstić information content (AvgIpc) is 2.99. The summed E-state index contributed by atoms with van der Waals surface area (Å²) < 4.78 is 10.4. The van der Waals surface area contributed by atoms with Gasteiger partial charge < -0.3 is 25.0 Å². The molecule has 1 saturated heterocycles. The summed E-state index contributed by atoms with van der Waals surface area (Å²) in [6.07, 6.45) is -0.592. The van der Waals surface area contributed by atoms with E-state index in [0.717, 1.165) is 11.1 Å². The molecule has 1 heterocycles. The van der Waals surface area contributed by atoms with Gasteiger partial charge in [0, 0.05) is 24.3 Å². The van der Waals surface area contributed by atoms with Crippen molar-refractivity contribution in [2.45, 2.75) is 13.2 Å². The van der Waals surface area contributed by atoms with Crippen molar-refractivity contribution in [3.63, 3.8) is 0 Å². The lowest BCUT2D eigenvalue weighted by atomic mass is 10.2. The first-order valence-corrected chi connectivity index (χ1v) is 13.0. The number of benzene rings is 3. The number of ether oxygens (including phenoxy) is 2. The standard InChI is InChI=1S/C30H30N4O7/c35-26(18-33-14-15-34(19-27(33)36)30(39)41-21-23-10-5-2-6-11-23)32-25-13-7-12-24(16-25)29(38)31-17-28(37)40-20-22-8-3-1-4-9-22/h1-13,16H,14-15,17-21H2,(H,31,38)(H,32,35). The smallest absolute Gasteiger partial charge is 0.410 e. The molecule has 0 aromatic heterocycles. The highest BCUT2D eigenvalue weighted by atomic mass is 16.6. The van der Waals surface area contributed by atoms with Crippen molar-refractivity contribution in [2.75, 3.05) is 38.0 Å². The number of nitrogens with one attached hydrogen (secondary N) is 2. The number of nitrogens with zero attached hydrogens (tertiary/aromatic N) is 2. The van der Waals surface area contributed by atoms with Gasteiger partial charge in [0.1, 0.15) is 26.3 Å². The van der Waals surface area contributed by atoms with Crippen LogP contribution < -0.4 is 10.6 Å². The van der Waals surface area contributed by atoms with Gasteiger partial charge in [-0.2, -0.15) is 0 Å². The maximum Gasteiger partial charge on any atom is 0.410 e. The van der Waals surface area contributed by atoms with Crippen molar-refractivity contribution in [1.29, 1.82) is 0 Å². The van der Waals surface area contributed by atoms with Crippen LogP contribution in [-0.2, 0) is 37.1 Å². The van der Waals surface area contributed by atoms with Gasteiger partial charge in [0.25, 0.3) is 5.91 Å². The number of hydrogen-bond donors (Lipinski definition) is 2. The Morgan fingerprint density at radius 1 is 0.780 bits per heavy atom. The van der Waals surface area contributed by atoms with Crippen molar-refractivity contribution in [3.05, 3.63) is 102 Å². The molecule has 11 heteroatoms. The lowest BCUT2D eigenvalue weighted by molar-refractivity contribution is -0.143. The SMILES string of the molecule is O=C(CN1CCN(C(=O)OCc2ccccc2)CC1=O)Nc1cccc(C(=O)NCC(=O)OCc2ccccc2)c1. The molecule has 3 aromatic rings. The van der Waals surface area contributed by atoms with Crippen LogP contribution in [0.15, 0.2) is 84.9 Å². The molecule has 1 aliphatic heterocycles. The van der Waals surface area contributed by atoms with E-state index < -0.39 is 23.9 Å². The number of anilines is 1. The molecule has 11 nitrogen and oxygen atoms in total. The van der Waals surface area contributed by atoms with E-state index in [2.05, 4.69) is 10.6 Å². The molecule has 0 radical (unpaired) electrons. The molecule has 0 saturated carbocycles. The number of piperazine rings is 1. The molecule has 2 N–H and O–H groups in total. The van der Waals surface area contributed by atoms with E-state index in [4.69, 9.17) is 9.47 Å². The molecular weight excluding hydrogens is 528 g/mol. The second kappa shape index (κ2) is 14.3. The van der Waals surface area contributed by atoms with Crippen LogP contribution in [0.1, 0.15) is 21.5 Å². The van der Waals surface area contributed by atoms with Crippen LogP contribution in [0.3, 0.4) is 0 Å². The number of hydrogen-bond acceptors (Lipinski definition) is 7. The Kier molecular flexibility index (Phi) is 10.0. The molecule has 1 fully saturated rings. The second-order valence-corrected chi connectivity index (χ2v) is 9.23. The summed E-state index contributed by atoms with van der Waals surface area (Å²) in [5.74, 6) is -1.93. The van der Waals surface area contributed by atoms with E-state index in [1.165, 1.54) is 15.9 Å². The third-order valence-electron chi connectivity index (χ3n) is 6.16. The average molecular weight is 559 g/mol. The van der Waals surface area contributed by atoms with Crippen molar-refractivity contribution in [2.24, 2.45) is 0 Å². The summed E-state index contributed by atoms with van der Waals surface area (Å²) in [7, 11) is 0. The van der Waals surface area contributed by atoms with Crippen LogP contribution in [0, 0.1) is 0 Å². The Morgan fingerprint density at radius 3 is 2.10 bits per heavy atom. The van der Waals surface area contributed by atoms with E-state index in [-0.39, 0.29) is 57.4 Å². The maximum atomic E-state index is 12.6. The van der Waals surface area contributed by atoms with Gasteiger partial charge in [-0.05, 0) is 29.3 Å². The highest BCUT2D eigenvalue weighted by Gasteiger charge is 2.29. The van der Waals surface area contributed by atoms with Crippen LogP contribution in [0.4, 0.5) is 10.5 Å². The monoisotopic (exact) mass is 558 g/mol. The lowest BCUT2D eigenvalue weighted by Crippen LogP contribution is -2.53. The number of amides is 4. The van der Waals surface area contributed by atoms with Crippen molar-refractivity contribution in [3.8, 4) is 0 Å². The zero-order valence-corrected chi connectivity index (χ0v) is 22.3. The van der Waals surface area contributed by atoms with Gasteiger partial charge in [0.05, 0.1) is 6.54 Å². The number of rotatable bonds is 10. The quantitative estimate of drug-likeness (QED) is 0.365. The van der Waals surface area contributed by atoms with Crippen molar-refractivity contribution < 1.29 is 33.4 Å². The van der Waals surface area contributed by atoms with E-state index in [9.17, 15) is 24.0 Å². The van der Waals surface area contributed by atoms with Gasteiger partial charge in [-0.25, -0.2) is 4.79 Å². The molecule has 0 atom stereocenters. The molecule has 4 amide bonds. The zero-order valence-electron chi connectivity index (χ0n) is 22.3. The Morgan fingerprint density at radius 2 is 1.44 bits per heavy atom. The fourth-order valence-electron chi connectivity index (χ4n) is 4.00. The molecule has 41 heavy (non-hydrogen) atoms. The second-order valence-electron chi connectivity index (χ2n) is 9.23. The van der Waals surface area contributed by atoms with Gasteiger partial charge in [-0.1, -0.05) is 66.7 Å². The molecule has 3 aromatic carbocycles. The molecule has 0 aliphatic carbocycles. The van der Waals surface area contributed by atoms with Gasteiger partial charge in [0.2, 0.25) is 11.8 Å². The minimum atomic E-state index is -0.592. The van der Waals surface area contributed by atoms with E-state index >= 15 is 0 Å². The van der Waals surface area contributed by atoms with Gasteiger partial charge in [0.15, 0.2) is 0 Å². The molecule has 0 unspecified atom stereocenters. The predicted octanol–water partition coefficient (Wildman–Crippen LogP) is 2.58. The Bertz CT molecular complexity index is 1380. The minimum absolute atomic E-state index is 0.103. The zero-order chi connectivity index (χ0) is 29.0. The highest BCUT2D eigenvalue weighted by molar-refractivity contribution is 5.99. The summed E-state index contributed by atoms with van der Waals surface area (Å²) in [4.78, 5) is 64.7. The molecular formula is C30H30N4O7. The largest absolute Gasteiger partial charge is 0.460 e. The first kappa shape index (κ1) is 28.8. The fourth-order valence-corrected chi connectivity index (χ4v) is 4.00. The maximum absolute atomic E-state index is 12.6. The third kappa shape index (κ3) is 8.92. The topological polar surface area (TPSA) is 134 Å². The minimum Gasteiger partial charge on any atom is -0.460 e. The summed E-state index contributed by atoms with van der Waals surface area (Å²) in [5.41, 5.74) is 2.26. The van der Waals surface area contributed by atoms with Crippen LogP contribution in [0.25, 0.3) is 0 Å². The van der Waals surface area contributed by atoms with Crippen LogP contribution >= 0.6 is 0 Å². The summed E-state index contributed by atoms with van der Waals surface area (Å²) in [6, 6.07) is 24.6. The number of carbonyl (C=O) groups is 5. The summed E-state index contributed by atoms with van der Waals surface area (Å²) in [6.45, 7) is -0.0969. The van der Waals surface area contributed by atoms with E-state index in [1.807, 2.05) is 60.7 Å². The van der Waals surface area contributed by atoms with Crippen molar-refractivity contribution in [1.82, 2.24) is 15.1 Å². The third-order valence-corrected chi connectivity index (χ3v) is 6.16. The van der Waals surface area contributed by atoms with Crippen LogP contribution in [0.5, 0.6) is 0 Å². The van der Waals surface area contributed by atoms with Gasteiger partial charge in [-0.3, -0.25) is 24.1 Å². The number of esters is 1. The molecule has 212 valence electrons. The Balaban J connectivity index is 1.19. The Hall–Kier alpha value is -5.19. The number of carbonyl (C=O) groups excluding carboxylic acids is 5. The van der Waals surface area contributed by atoms with E-state index in [0.29, 0.717) is 5.69 Å². The Labute approximate surface area is 237 Å². The normalized spacial score (nSPS) is 12.8. The van der Waals surface area contributed by atoms with Crippen LogP contribution in [0.2, 0.25) is 0 Å². The lowest BCUT2D eigenvalue weighted by Gasteiger charge is -2.33. The first-order valence-electron chi connectivity index (χ1n) is 13.0. The van der Waals surface area contributed by atoms with Crippen LogP contribution in [-0.4, -0.2) is 72.3 Å². The first-order chi connectivity index (χ1) is 19.9. The highest BCUT2D eigenvalue weighted by Crippen LogP contribution is 2.12. The predicted molar refractivity (Wildman–Crippen MR) is 148 cm³/mol. The molecule has 0 spiro atoms.